The van der Waals surface area contributed by atoms with Gasteiger partial charge < -0.3 is 10.2 Å². The zero-order valence-electron chi connectivity index (χ0n) is 11.4. The monoisotopic (exact) mass is 264 g/mol. The van der Waals surface area contributed by atoms with E-state index in [1.54, 1.807) is 17.0 Å². The largest absolute Gasteiger partial charge is 0.345 e. The Bertz CT molecular complexity index is 413. The van der Waals surface area contributed by atoms with Crippen molar-refractivity contribution in [3.8, 4) is 0 Å². The Labute approximate surface area is 113 Å². The average Bonchev–Trinajstić information content (AvgIpc) is 2.42. The summed E-state index contributed by atoms with van der Waals surface area (Å²) in [6.07, 6.45) is 2.71. The van der Waals surface area contributed by atoms with Crippen LogP contribution in [0.1, 0.15) is 18.4 Å². The number of benzene rings is 1. The molecule has 19 heavy (non-hydrogen) atoms. The molecule has 1 amide bonds. The number of carbonyl (C=O) groups is 1. The van der Waals surface area contributed by atoms with Crippen LogP contribution in [0.3, 0.4) is 0 Å². The standard InChI is InChI=1S/C15H21FN2O/c1-18(11-13-3-2-8-17-10-13)15(19)9-12-4-6-14(16)7-5-12/h4-7,13,17H,2-3,8-11H2,1H3. The first kappa shape index (κ1) is 14.0. The van der Waals surface area contributed by atoms with Gasteiger partial charge in [-0.05, 0) is 49.5 Å². The number of nitrogens with one attached hydrogen (secondary N) is 1. The van der Waals surface area contributed by atoms with E-state index >= 15 is 0 Å². The quantitative estimate of drug-likeness (QED) is 0.900. The summed E-state index contributed by atoms with van der Waals surface area (Å²) in [4.78, 5) is 13.9. The molecule has 0 aliphatic carbocycles. The SMILES string of the molecule is CN(CC1CCCNC1)C(=O)Cc1ccc(F)cc1. The molecule has 104 valence electrons. The molecule has 0 spiro atoms. The predicted octanol–water partition coefficient (Wildman–Crippen LogP) is 1.83. The van der Waals surface area contributed by atoms with Crippen molar-refractivity contribution in [1.29, 1.82) is 0 Å². The molecule has 1 aliphatic heterocycles. The molecule has 1 heterocycles. The smallest absolute Gasteiger partial charge is 0.226 e. The Hall–Kier alpha value is -1.42. The van der Waals surface area contributed by atoms with E-state index in [1.165, 1.54) is 25.0 Å². The Morgan fingerprint density at radius 1 is 1.42 bits per heavy atom. The van der Waals surface area contributed by atoms with Gasteiger partial charge in [-0.15, -0.1) is 0 Å². The molecule has 4 heteroatoms. The Balaban J connectivity index is 1.83. The van der Waals surface area contributed by atoms with E-state index in [9.17, 15) is 9.18 Å². The predicted molar refractivity (Wildman–Crippen MR) is 73.3 cm³/mol. The number of hydrogen-bond acceptors (Lipinski definition) is 2. The number of hydrogen-bond donors (Lipinski definition) is 1. The van der Waals surface area contributed by atoms with E-state index in [2.05, 4.69) is 5.32 Å². The summed E-state index contributed by atoms with van der Waals surface area (Å²) in [5.74, 6) is 0.380. The Morgan fingerprint density at radius 3 is 2.79 bits per heavy atom. The van der Waals surface area contributed by atoms with Gasteiger partial charge in [-0.25, -0.2) is 4.39 Å². The molecule has 0 bridgehead atoms. The van der Waals surface area contributed by atoms with Crippen molar-refractivity contribution in [2.75, 3.05) is 26.7 Å². The highest BCUT2D eigenvalue weighted by Gasteiger charge is 2.18. The molecule has 1 saturated heterocycles. The molecule has 1 aliphatic rings. The lowest BCUT2D eigenvalue weighted by Crippen LogP contribution is -2.39. The third-order valence-corrected chi connectivity index (χ3v) is 3.63. The van der Waals surface area contributed by atoms with Crippen molar-refractivity contribution < 1.29 is 9.18 Å². The van der Waals surface area contributed by atoms with Gasteiger partial charge in [0.15, 0.2) is 0 Å². The van der Waals surface area contributed by atoms with Crippen LogP contribution in [0, 0.1) is 11.7 Å². The minimum atomic E-state index is -0.266. The van der Waals surface area contributed by atoms with E-state index in [-0.39, 0.29) is 11.7 Å². The summed E-state index contributed by atoms with van der Waals surface area (Å²) in [7, 11) is 1.85. The summed E-state index contributed by atoms with van der Waals surface area (Å²) in [5.41, 5.74) is 0.861. The number of nitrogens with zero attached hydrogens (tertiary/aromatic N) is 1. The van der Waals surface area contributed by atoms with Crippen LogP contribution in [-0.2, 0) is 11.2 Å². The Morgan fingerprint density at radius 2 is 2.16 bits per heavy atom. The molecule has 1 atom stereocenters. The van der Waals surface area contributed by atoms with Crippen LogP contribution in [0.2, 0.25) is 0 Å². The third kappa shape index (κ3) is 4.31. The minimum Gasteiger partial charge on any atom is -0.345 e. The van der Waals surface area contributed by atoms with Crippen molar-refractivity contribution in [3.05, 3.63) is 35.6 Å². The van der Waals surface area contributed by atoms with Crippen LogP contribution in [0.25, 0.3) is 0 Å². The van der Waals surface area contributed by atoms with Crippen molar-refractivity contribution in [2.24, 2.45) is 5.92 Å². The fourth-order valence-electron chi connectivity index (χ4n) is 2.48. The first-order chi connectivity index (χ1) is 9.15. The molecule has 1 fully saturated rings. The zero-order valence-corrected chi connectivity index (χ0v) is 11.4. The number of amides is 1. The van der Waals surface area contributed by atoms with E-state index < -0.39 is 0 Å². The minimum absolute atomic E-state index is 0.0946. The molecule has 0 radical (unpaired) electrons. The van der Waals surface area contributed by atoms with Gasteiger partial charge in [0.1, 0.15) is 5.82 Å². The molecule has 1 aromatic rings. The number of carbonyl (C=O) groups excluding carboxylic acids is 1. The lowest BCUT2D eigenvalue weighted by molar-refractivity contribution is -0.129. The highest BCUT2D eigenvalue weighted by molar-refractivity contribution is 5.78. The topological polar surface area (TPSA) is 32.3 Å². The van der Waals surface area contributed by atoms with Gasteiger partial charge in [0, 0.05) is 13.6 Å². The fourth-order valence-corrected chi connectivity index (χ4v) is 2.48. The summed E-state index contributed by atoms with van der Waals surface area (Å²) in [6, 6.07) is 6.13. The second-order valence-corrected chi connectivity index (χ2v) is 5.29. The van der Waals surface area contributed by atoms with Gasteiger partial charge in [-0.3, -0.25) is 4.79 Å². The summed E-state index contributed by atoms with van der Waals surface area (Å²) in [6.45, 7) is 2.88. The van der Waals surface area contributed by atoms with E-state index in [4.69, 9.17) is 0 Å². The first-order valence-electron chi connectivity index (χ1n) is 6.84. The molecular weight excluding hydrogens is 243 g/mol. The van der Waals surface area contributed by atoms with Gasteiger partial charge in [-0.1, -0.05) is 12.1 Å². The second kappa shape index (κ2) is 6.66. The van der Waals surface area contributed by atoms with Crippen LogP contribution in [0.5, 0.6) is 0 Å². The Kier molecular flexibility index (Phi) is 4.91. The molecule has 1 N–H and O–H groups in total. The summed E-state index contributed by atoms with van der Waals surface area (Å²) < 4.78 is 12.8. The average molecular weight is 264 g/mol. The van der Waals surface area contributed by atoms with Crippen LogP contribution in [0.15, 0.2) is 24.3 Å². The maximum Gasteiger partial charge on any atom is 0.226 e. The molecule has 3 nitrogen and oxygen atoms in total. The van der Waals surface area contributed by atoms with Gasteiger partial charge >= 0.3 is 0 Å². The zero-order chi connectivity index (χ0) is 13.7. The van der Waals surface area contributed by atoms with Crippen LogP contribution in [-0.4, -0.2) is 37.5 Å². The van der Waals surface area contributed by atoms with Gasteiger partial charge in [0.25, 0.3) is 0 Å². The summed E-state index contributed by atoms with van der Waals surface area (Å²) >= 11 is 0. The van der Waals surface area contributed by atoms with E-state index in [0.29, 0.717) is 12.3 Å². The van der Waals surface area contributed by atoms with E-state index in [1.807, 2.05) is 7.05 Å². The van der Waals surface area contributed by atoms with Crippen molar-refractivity contribution in [3.63, 3.8) is 0 Å². The fraction of sp³-hybridized carbons (Fsp3) is 0.533. The van der Waals surface area contributed by atoms with Gasteiger partial charge in [0.05, 0.1) is 6.42 Å². The highest BCUT2D eigenvalue weighted by atomic mass is 19.1. The number of rotatable bonds is 4. The van der Waals surface area contributed by atoms with Crippen LogP contribution in [0.4, 0.5) is 4.39 Å². The van der Waals surface area contributed by atoms with Crippen LogP contribution >= 0.6 is 0 Å². The van der Waals surface area contributed by atoms with Crippen molar-refractivity contribution in [2.45, 2.75) is 19.3 Å². The lowest BCUT2D eigenvalue weighted by atomic mass is 9.99. The molecule has 0 aromatic heterocycles. The van der Waals surface area contributed by atoms with Crippen molar-refractivity contribution in [1.82, 2.24) is 10.2 Å². The first-order valence-corrected chi connectivity index (χ1v) is 6.84. The number of piperidine rings is 1. The second-order valence-electron chi connectivity index (χ2n) is 5.29. The molecular formula is C15H21FN2O. The number of halogens is 1. The van der Waals surface area contributed by atoms with E-state index in [0.717, 1.165) is 25.2 Å². The normalized spacial score (nSPS) is 19.2. The number of likely N-dealkylation sites (N-methyl/N-ethyl adjacent to an activating group) is 1. The molecule has 1 aromatic carbocycles. The van der Waals surface area contributed by atoms with Crippen LogP contribution < -0.4 is 5.32 Å². The molecule has 2 rings (SSSR count). The maximum absolute atomic E-state index is 12.8. The van der Waals surface area contributed by atoms with Gasteiger partial charge in [0.2, 0.25) is 5.91 Å². The lowest BCUT2D eigenvalue weighted by Gasteiger charge is -2.27. The molecule has 0 saturated carbocycles. The summed E-state index contributed by atoms with van der Waals surface area (Å²) in [5, 5.41) is 3.36. The van der Waals surface area contributed by atoms with Gasteiger partial charge in [-0.2, -0.15) is 0 Å². The molecule has 1 unspecified atom stereocenters. The highest BCUT2D eigenvalue weighted by Crippen LogP contribution is 2.12. The third-order valence-electron chi connectivity index (χ3n) is 3.63. The maximum atomic E-state index is 12.8. The van der Waals surface area contributed by atoms with Crippen molar-refractivity contribution >= 4 is 5.91 Å².